The molecular formula is C8H14O4. The summed E-state index contributed by atoms with van der Waals surface area (Å²) in [6.07, 6.45) is 5.02. The minimum Gasteiger partial charge on any atom is -0.480 e. The van der Waals surface area contributed by atoms with Gasteiger partial charge in [0, 0.05) is 6.61 Å². The molecule has 0 fully saturated rings. The van der Waals surface area contributed by atoms with Crippen molar-refractivity contribution in [2.45, 2.75) is 12.8 Å². The maximum absolute atomic E-state index is 9.96. The van der Waals surface area contributed by atoms with Gasteiger partial charge >= 0.3 is 5.97 Å². The number of aliphatic hydroxyl groups is 1. The van der Waals surface area contributed by atoms with E-state index in [1.807, 2.05) is 12.2 Å². The Hall–Kier alpha value is -0.870. The summed E-state index contributed by atoms with van der Waals surface area (Å²) < 4.78 is 4.76. The van der Waals surface area contributed by atoms with Gasteiger partial charge in [-0.1, -0.05) is 12.2 Å². The lowest BCUT2D eigenvalue weighted by Gasteiger charge is -1.96. The maximum atomic E-state index is 9.96. The Morgan fingerprint density at radius 2 is 2.00 bits per heavy atom. The van der Waals surface area contributed by atoms with E-state index in [1.54, 1.807) is 0 Å². The molecule has 0 aromatic carbocycles. The summed E-state index contributed by atoms with van der Waals surface area (Å²) in [7, 11) is 0. The smallest absolute Gasteiger partial charge is 0.329 e. The largest absolute Gasteiger partial charge is 0.480 e. The molecule has 0 bridgehead atoms. The molecule has 70 valence electrons. The number of aliphatic hydroxyl groups excluding tert-OH is 1. The van der Waals surface area contributed by atoms with E-state index in [2.05, 4.69) is 0 Å². The van der Waals surface area contributed by atoms with Gasteiger partial charge in [-0.05, 0) is 12.8 Å². The van der Waals surface area contributed by atoms with Crippen LogP contribution in [0.3, 0.4) is 0 Å². The van der Waals surface area contributed by atoms with E-state index in [4.69, 9.17) is 14.9 Å². The van der Waals surface area contributed by atoms with Crippen LogP contribution in [0.5, 0.6) is 0 Å². The van der Waals surface area contributed by atoms with E-state index >= 15 is 0 Å². The van der Waals surface area contributed by atoms with Crippen LogP contribution in [-0.4, -0.2) is 36.0 Å². The van der Waals surface area contributed by atoms with Gasteiger partial charge in [0.15, 0.2) is 0 Å². The number of carbonyl (C=O) groups is 1. The first kappa shape index (κ1) is 11.1. The summed E-state index contributed by atoms with van der Waals surface area (Å²) in [4.78, 5) is 9.96. The Balaban J connectivity index is 3.05. The minimum atomic E-state index is -0.950. The molecule has 0 saturated carbocycles. The molecule has 0 spiro atoms. The van der Waals surface area contributed by atoms with E-state index in [9.17, 15) is 4.79 Å². The normalized spacial score (nSPS) is 10.8. The first-order valence-electron chi connectivity index (χ1n) is 3.82. The standard InChI is InChI=1S/C8H14O4/c9-5-3-1-2-4-6-12-7-8(10)11/h1-2,9H,3-7H2,(H,10,11). The molecule has 0 radical (unpaired) electrons. The van der Waals surface area contributed by atoms with Gasteiger partial charge in [-0.3, -0.25) is 0 Å². The highest BCUT2D eigenvalue weighted by molar-refractivity contribution is 5.67. The molecule has 0 atom stereocenters. The topological polar surface area (TPSA) is 66.8 Å². The van der Waals surface area contributed by atoms with Gasteiger partial charge in [0.1, 0.15) is 6.61 Å². The van der Waals surface area contributed by atoms with Crippen LogP contribution in [0, 0.1) is 0 Å². The number of hydrogen-bond donors (Lipinski definition) is 2. The molecule has 0 unspecified atom stereocenters. The summed E-state index contributed by atoms with van der Waals surface area (Å²) in [6.45, 7) is 0.314. The van der Waals surface area contributed by atoms with Gasteiger partial charge in [-0.2, -0.15) is 0 Å². The van der Waals surface area contributed by atoms with Gasteiger partial charge in [0.25, 0.3) is 0 Å². The molecule has 0 aliphatic carbocycles. The molecule has 0 aliphatic heterocycles. The fourth-order valence-electron chi connectivity index (χ4n) is 0.621. The van der Waals surface area contributed by atoms with Crippen LogP contribution in [0.1, 0.15) is 12.8 Å². The van der Waals surface area contributed by atoms with Crippen LogP contribution in [0.4, 0.5) is 0 Å². The third kappa shape index (κ3) is 9.13. The number of rotatable bonds is 7. The molecule has 2 N–H and O–H groups in total. The Bertz CT molecular complexity index is 142. The highest BCUT2D eigenvalue weighted by Crippen LogP contribution is 1.87. The van der Waals surface area contributed by atoms with Crippen LogP contribution in [0.25, 0.3) is 0 Å². The molecule has 12 heavy (non-hydrogen) atoms. The van der Waals surface area contributed by atoms with Crippen LogP contribution < -0.4 is 0 Å². The zero-order chi connectivity index (χ0) is 9.23. The summed E-state index contributed by atoms with van der Waals surface area (Å²) in [5.74, 6) is -0.950. The lowest BCUT2D eigenvalue weighted by Crippen LogP contribution is -2.07. The Morgan fingerprint density at radius 3 is 2.58 bits per heavy atom. The third-order valence-electron chi connectivity index (χ3n) is 1.12. The molecule has 0 saturated heterocycles. The second-order valence-corrected chi connectivity index (χ2v) is 2.22. The zero-order valence-electron chi connectivity index (χ0n) is 6.90. The van der Waals surface area contributed by atoms with Crippen molar-refractivity contribution in [1.29, 1.82) is 0 Å². The van der Waals surface area contributed by atoms with Gasteiger partial charge < -0.3 is 14.9 Å². The number of hydrogen-bond acceptors (Lipinski definition) is 3. The number of carboxylic acid groups (broad SMARTS) is 1. The van der Waals surface area contributed by atoms with Gasteiger partial charge in [-0.15, -0.1) is 0 Å². The first-order valence-corrected chi connectivity index (χ1v) is 3.82. The number of ether oxygens (including phenoxy) is 1. The minimum absolute atomic E-state index is 0.145. The van der Waals surface area contributed by atoms with E-state index < -0.39 is 5.97 Å². The summed E-state index contributed by atoms with van der Waals surface area (Å²) in [6, 6.07) is 0. The molecule has 4 heteroatoms. The van der Waals surface area contributed by atoms with Crippen molar-refractivity contribution in [3.05, 3.63) is 12.2 Å². The third-order valence-corrected chi connectivity index (χ3v) is 1.12. The van der Waals surface area contributed by atoms with E-state index in [0.29, 0.717) is 19.4 Å². The summed E-state index contributed by atoms with van der Waals surface area (Å²) in [5, 5.41) is 16.6. The zero-order valence-corrected chi connectivity index (χ0v) is 6.90. The predicted molar refractivity (Wildman–Crippen MR) is 43.9 cm³/mol. The fourth-order valence-corrected chi connectivity index (χ4v) is 0.621. The lowest BCUT2D eigenvalue weighted by molar-refractivity contribution is -0.142. The highest BCUT2D eigenvalue weighted by Gasteiger charge is 1.93. The van der Waals surface area contributed by atoms with E-state index in [-0.39, 0.29) is 13.2 Å². The molecule has 0 aromatic rings. The molecule has 0 rings (SSSR count). The molecule has 4 nitrogen and oxygen atoms in total. The molecule has 0 amide bonds. The second-order valence-electron chi connectivity index (χ2n) is 2.22. The summed E-state index contributed by atoms with van der Waals surface area (Å²) >= 11 is 0. The Morgan fingerprint density at radius 1 is 1.33 bits per heavy atom. The van der Waals surface area contributed by atoms with Crippen molar-refractivity contribution in [2.24, 2.45) is 0 Å². The number of aliphatic carboxylic acids is 1. The van der Waals surface area contributed by atoms with Crippen molar-refractivity contribution in [2.75, 3.05) is 19.8 Å². The predicted octanol–water partition coefficient (Wildman–Crippen LogP) is 0.416. The first-order chi connectivity index (χ1) is 5.77. The molecule has 0 heterocycles. The fraction of sp³-hybridized carbons (Fsp3) is 0.625. The van der Waals surface area contributed by atoms with Gasteiger partial charge in [-0.25, -0.2) is 4.79 Å². The molecular weight excluding hydrogens is 160 g/mol. The van der Waals surface area contributed by atoms with Crippen LogP contribution >= 0.6 is 0 Å². The van der Waals surface area contributed by atoms with Gasteiger partial charge in [0.05, 0.1) is 6.61 Å². The number of carboxylic acids is 1. The SMILES string of the molecule is O=C(O)COCCC=CCCO. The van der Waals surface area contributed by atoms with Crippen LogP contribution in [0.15, 0.2) is 12.2 Å². The molecule has 0 aliphatic rings. The summed E-state index contributed by atoms with van der Waals surface area (Å²) in [5.41, 5.74) is 0. The Kier molecular flexibility index (Phi) is 7.63. The lowest BCUT2D eigenvalue weighted by atomic mass is 10.3. The second kappa shape index (κ2) is 8.23. The quantitative estimate of drug-likeness (QED) is 0.433. The monoisotopic (exact) mass is 174 g/mol. The van der Waals surface area contributed by atoms with Crippen LogP contribution in [-0.2, 0) is 9.53 Å². The van der Waals surface area contributed by atoms with Crippen molar-refractivity contribution in [3.8, 4) is 0 Å². The molecule has 0 aromatic heterocycles. The van der Waals surface area contributed by atoms with Crippen molar-refractivity contribution < 1.29 is 19.7 Å². The average Bonchev–Trinajstić information content (AvgIpc) is 2.02. The van der Waals surface area contributed by atoms with Crippen molar-refractivity contribution in [3.63, 3.8) is 0 Å². The average molecular weight is 174 g/mol. The van der Waals surface area contributed by atoms with Crippen molar-refractivity contribution >= 4 is 5.97 Å². The van der Waals surface area contributed by atoms with Gasteiger partial charge in [0.2, 0.25) is 0 Å². The van der Waals surface area contributed by atoms with E-state index in [0.717, 1.165) is 0 Å². The maximum Gasteiger partial charge on any atom is 0.329 e. The van der Waals surface area contributed by atoms with Crippen molar-refractivity contribution in [1.82, 2.24) is 0 Å². The van der Waals surface area contributed by atoms with Crippen LogP contribution in [0.2, 0.25) is 0 Å². The highest BCUT2D eigenvalue weighted by atomic mass is 16.5. The Labute approximate surface area is 71.5 Å². The van der Waals surface area contributed by atoms with E-state index in [1.165, 1.54) is 0 Å².